The van der Waals surface area contributed by atoms with Crippen molar-refractivity contribution in [1.82, 2.24) is 0 Å². The van der Waals surface area contributed by atoms with Gasteiger partial charge in [0.05, 0.1) is 5.92 Å². The second kappa shape index (κ2) is 4.37. The van der Waals surface area contributed by atoms with E-state index in [9.17, 15) is 14.7 Å². The predicted octanol–water partition coefficient (Wildman–Crippen LogP) is 1.93. The third-order valence-corrected chi connectivity index (χ3v) is 4.19. The maximum Gasteiger partial charge on any atom is 0.308 e. The second-order valence-electron chi connectivity index (χ2n) is 5.64. The van der Waals surface area contributed by atoms with Crippen LogP contribution in [0, 0.1) is 17.8 Å². The minimum absolute atomic E-state index is 0.0839. The molecule has 0 bridgehead atoms. The molecule has 1 aliphatic heterocycles. The molecule has 1 N–H and O–H groups in total. The number of carbonyl (C=O) groups is 2. The molecular weight excluding hydrogens is 242 g/mol. The summed E-state index contributed by atoms with van der Waals surface area (Å²) in [5.41, 5.74) is 1.85. The van der Waals surface area contributed by atoms with E-state index < -0.39 is 11.9 Å². The van der Waals surface area contributed by atoms with Gasteiger partial charge in [0.1, 0.15) is 0 Å². The van der Waals surface area contributed by atoms with Crippen molar-refractivity contribution >= 4 is 17.6 Å². The molecule has 0 saturated heterocycles. The number of benzene rings is 1. The van der Waals surface area contributed by atoms with Crippen LogP contribution >= 0.6 is 0 Å². The van der Waals surface area contributed by atoms with Gasteiger partial charge in [-0.05, 0) is 30.4 Å². The molecule has 3 rings (SSSR count). The van der Waals surface area contributed by atoms with Crippen LogP contribution in [0.2, 0.25) is 0 Å². The van der Waals surface area contributed by atoms with Gasteiger partial charge >= 0.3 is 5.97 Å². The lowest BCUT2D eigenvalue weighted by Gasteiger charge is -2.33. The normalized spacial score (nSPS) is 28.7. The zero-order valence-electron chi connectivity index (χ0n) is 10.9. The zero-order valence-corrected chi connectivity index (χ0v) is 10.9. The standard InChI is InChI=1S/C15H17NO3/c1-9-6-12(9)14(17)16-8-11(15(18)19)7-10-4-2-3-5-13(10)16/h2-5,9,11-12H,6-8H2,1H3,(H,18,19). The lowest BCUT2D eigenvalue weighted by atomic mass is 9.92. The average molecular weight is 259 g/mol. The molecule has 4 nitrogen and oxygen atoms in total. The van der Waals surface area contributed by atoms with Crippen molar-refractivity contribution in [2.45, 2.75) is 19.8 Å². The molecule has 3 unspecified atom stereocenters. The maximum absolute atomic E-state index is 12.4. The first-order valence-corrected chi connectivity index (χ1v) is 6.70. The van der Waals surface area contributed by atoms with E-state index in [1.54, 1.807) is 4.90 Å². The second-order valence-corrected chi connectivity index (χ2v) is 5.64. The molecule has 1 aromatic rings. The number of amides is 1. The Morgan fingerprint density at radius 1 is 1.32 bits per heavy atom. The van der Waals surface area contributed by atoms with E-state index in [2.05, 4.69) is 6.92 Å². The fraction of sp³-hybridized carbons (Fsp3) is 0.467. The summed E-state index contributed by atoms with van der Waals surface area (Å²) in [5.74, 6) is -0.708. The Hall–Kier alpha value is -1.84. The number of anilines is 1. The predicted molar refractivity (Wildman–Crippen MR) is 70.9 cm³/mol. The van der Waals surface area contributed by atoms with E-state index in [0.29, 0.717) is 18.9 Å². The third-order valence-electron chi connectivity index (χ3n) is 4.19. The van der Waals surface area contributed by atoms with Gasteiger partial charge < -0.3 is 10.0 Å². The van der Waals surface area contributed by atoms with Crippen molar-refractivity contribution in [2.75, 3.05) is 11.4 Å². The molecule has 0 radical (unpaired) electrons. The average Bonchev–Trinajstić information content (AvgIpc) is 3.13. The number of carbonyl (C=O) groups excluding carboxylic acids is 1. The molecule has 100 valence electrons. The van der Waals surface area contributed by atoms with Crippen molar-refractivity contribution in [1.29, 1.82) is 0 Å². The summed E-state index contributed by atoms with van der Waals surface area (Å²) in [6.45, 7) is 2.36. The minimum atomic E-state index is -0.823. The summed E-state index contributed by atoms with van der Waals surface area (Å²) < 4.78 is 0. The van der Waals surface area contributed by atoms with Crippen molar-refractivity contribution in [3.05, 3.63) is 29.8 Å². The number of hydrogen-bond donors (Lipinski definition) is 1. The highest BCUT2D eigenvalue weighted by atomic mass is 16.4. The monoisotopic (exact) mass is 259 g/mol. The zero-order chi connectivity index (χ0) is 13.6. The maximum atomic E-state index is 12.4. The summed E-state index contributed by atoms with van der Waals surface area (Å²) >= 11 is 0. The number of nitrogens with zero attached hydrogens (tertiary/aromatic N) is 1. The number of carboxylic acids is 1. The van der Waals surface area contributed by atoms with Crippen LogP contribution in [0.25, 0.3) is 0 Å². The lowest BCUT2D eigenvalue weighted by Crippen LogP contribution is -2.43. The van der Waals surface area contributed by atoms with Gasteiger partial charge in [-0.1, -0.05) is 25.1 Å². The van der Waals surface area contributed by atoms with E-state index in [1.165, 1.54) is 0 Å². The Morgan fingerprint density at radius 2 is 2.00 bits per heavy atom. The molecular formula is C15H17NO3. The molecule has 2 aliphatic rings. The van der Waals surface area contributed by atoms with Crippen LogP contribution in [0.5, 0.6) is 0 Å². The summed E-state index contributed by atoms with van der Waals surface area (Å²) in [7, 11) is 0. The Kier molecular flexibility index (Phi) is 2.81. The largest absolute Gasteiger partial charge is 0.481 e. The quantitative estimate of drug-likeness (QED) is 0.883. The van der Waals surface area contributed by atoms with Gasteiger partial charge in [-0.15, -0.1) is 0 Å². The van der Waals surface area contributed by atoms with Crippen LogP contribution in [0.15, 0.2) is 24.3 Å². The smallest absolute Gasteiger partial charge is 0.308 e. The Bertz CT molecular complexity index is 540. The molecule has 19 heavy (non-hydrogen) atoms. The first-order chi connectivity index (χ1) is 9.08. The molecule has 1 aliphatic carbocycles. The highest BCUT2D eigenvalue weighted by molar-refractivity contribution is 5.98. The summed E-state index contributed by atoms with van der Waals surface area (Å²) in [5, 5.41) is 9.23. The molecule has 0 aromatic heterocycles. The van der Waals surface area contributed by atoms with Crippen LogP contribution in [0.4, 0.5) is 5.69 Å². The summed E-state index contributed by atoms with van der Waals surface area (Å²) in [4.78, 5) is 25.4. The van der Waals surface area contributed by atoms with E-state index in [-0.39, 0.29) is 11.8 Å². The number of carboxylic acid groups (broad SMARTS) is 1. The fourth-order valence-electron chi connectivity index (χ4n) is 2.84. The molecule has 1 amide bonds. The van der Waals surface area contributed by atoms with Crippen LogP contribution in [-0.2, 0) is 16.0 Å². The number of hydrogen-bond acceptors (Lipinski definition) is 2. The van der Waals surface area contributed by atoms with Crippen molar-refractivity contribution in [3.63, 3.8) is 0 Å². The van der Waals surface area contributed by atoms with Crippen LogP contribution in [0.3, 0.4) is 0 Å². The highest BCUT2D eigenvalue weighted by Gasteiger charge is 2.44. The van der Waals surface area contributed by atoms with Gasteiger partial charge in [-0.2, -0.15) is 0 Å². The molecule has 1 fully saturated rings. The molecule has 3 atom stereocenters. The summed E-state index contributed by atoms with van der Waals surface area (Å²) in [6.07, 6.45) is 1.44. The fourth-order valence-corrected chi connectivity index (χ4v) is 2.84. The SMILES string of the molecule is CC1CC1C(=O)N1CC(C(=O)O)Cc2ccccc21. The van der Waals surface area contributed by atoms with E-state index in [1.807, 2.05) is 24.3 Å². The van der Waals surface area contributed by atoms with Crippen LogP contribution in [0.1, 0.15) is 18.9 Å². The Labute approximate surface area is 112 Å². The first-order valence-electron chi connectivity index (χ1n) is 6.70. The van der Waals surface area contributed by atoms with Gasteiger partial charge in [0.2, 0.25) is 5.91 Å². The van der Waals surface area contributed by atoms with Gasteiger partial charge in [-0.3, -0.25) is 9.59 Å². The number of rotatable bonds is 2. The van der Waals surface area contributed by atoms with Crippen LogP contribution < -0.4 is 4.90 Å². The molecule has 1 aromatic carbocycles. The van der Waals surface area contributed by atoms with Crippen molar-refractivity contribution in [3.8, 4) is 0 Å². The molecule has 0 spiro atoms. The lowest BCUT2D eigenvalue weighted by molar-refractivity contribution is -0.141. The Balaban J connectivity index is 1.93. The molecule has 1 saturated carbocycles. The van der Waals surface area contributed by atoms with Gasteiger partial charge in [-0.25, -0.2) is 0 Å². The van der Waals surface area contributed by atoms with Crippen molar-refractivity contribution < 1.29 is 14.7 Å². The first kappa shape index (κ1) is 12.2. The number of fused-ring (bicyclic) bond motifs is 1. The minimum Gasteiger partial charge on any atom is -0.481 e. The van der Waals surface area contributed by atoms with Crippen molar-refractivity contribution in [2.24, 2.45) is 17.8 Å². The van der Waals surface area contributed by atoms with Crippen LogP contribution in [-0.4, -0.2) is 23.5 Å². The van der Waals surface area contributed by atoms with E-state index in [0.717, 1.165) is 17.7 Å². The van der Waals surface area contributed by atoms with Gasteiger partial charge in [0.25, 0.3) is 0 Å². The Morgan fingerprint density at radius 3 is 2.63 bits per heavy atom. The molecule has 4 heteroatoms. The highest BCUT2D eigenvalue weighted by Crippen LogP contribution is 2.41. The van der Waals surface area contributed by atoms with E-state index in [4.69, 9.17) is 0 Å². The van der Waals surface area contributed by atoms with Gasteiger partial charge in [0, 0.05) is 18.2 Å². The number of para-hydroxylation sites is 1. The third kappa shape index (κ3) is 2.11. The summed E-state index contributed by atoms with van der Waals surface area (Å²) in [6, 6.07) is 7.63. The molecule has 1 heterocycles. The van der Waals surface area contributed by atoms with Gasteiger partial charge in [0.15, 0.2) is 0 Å². The van der Waals surface area contributed by atoms with E-state index >= 15 is 0 Å². The topological polar surface area (TPSA) is 57.6 Å². The number of aliphatic carboxylic acids is 1.